The van der Waals surface area contributed by atoms with Gasteiger partial charge in [0.1, 0.15) is 11.5 Å². The van der Waals surface area contributed by atoms with E-state index in [1.165, 1.54) is 6.07 Å². The molecule has 0 unspecified atom stereocenters. The van der Waals surface area contributed by atoms with E-state index in [1.807, 2.05) is 26.2 Å². The second-order valence-corrected chi connectivity index (χ2v) is 7.35. The van der Waals surface area contributed by atoms with E-state index in [1.54, 1.807) is 41.3 Å². The number of rotatable bonds is 6. The lowest BCUT2D eigenvalue weighted by atomic mass is 10.1. The molecule has 2 heterocycles. The summed E-state index contributed by atoms with van der Waals surface area (Å²) >= 11 is 0. The minimum absolute atomic E-state index is 0.0684. The van der Waals surface area contributed by atoms with E-state index in [-0.39, 0.29) is 12.5 Å². The molecule has 2 aromatic carbocycles. The summed E-state index contributed by atoms with van der Waals surface area (Å²) in [6, 6.07) is 12.2. The van der Waals surface area contributed by atoms with Gasteiger partial charge < -0.3 is 10.1 Å². The first kappa shape index (κ1) is 21.2. The van der Waals surface area contributed by atoms with E-state index in [9.17, 15) is 13.6 Å². The minimum atomic E-state index is -0.953. The van der Waals surface area contributed by atoms with Gasteiger partial charge in [-0.05, 0) is 54.4 Å². The number of hydrogen-bond donors (Lipinski definition) is 1. The van der Waals surface area contributed by atoms with Crippen molar-refractivity contribution in [1.29, 1.82) is 0 Å². The molecule has 0 fully saturated rings. The first-order valence-electron chi connectivity index (χ1n) is 9.84. The number of aromatic nitrogens is 3. The van der Waals surface area contributed by atoms with Crippen molar-refractivity contribution < 1.29 is 18.3 Å². The zero-order valence-electron chi connectivity index (χ0n) is 17.5. The second-order valence-electron chi connectivity index (χ2n) is 7.35. The smallest absolute Gasteiger partial charge is 0.251 e. The molecule has 1 amide bonds. The number of aryl methyl sites for hydroxylation is 2. The van der Waals surface area contributed by atoms with Crippen molar-refractivity contribution in [3.63, 3.8) is 0 Å². The number of benzene rings is 2. The van der Waals surface area contributed by atoms with Gasteiger partial charge in [0.25, 0.3) is 5.91 Å². The summed E-state index contributed by atoms with van der Waals surface area (Å²) in [5, 5.41) is 6.86. The van der Waals surface area contributed by atoms with Crippen molar-refractivity contribution >= 4 is 5.91 Å². The van der Waals surface area contributed by atoms with E-state index in [0.717, 1.165) is 23.3 Å². The van der Waals surface area contributed by atoms with E-state index in [2.05, 4.69) is 15.4 Å². The fourth-order valence-electron chi connectivity index (χ4n) is 3.19. The number of carbonyl (C=O) groups excluding carboxylic acids is 1. The summed E-state index contributed by atoms with van der Waals surface area (Å²) in [5.74, 6) is -1.17. The van der Waals surface area contributed by atoms with E-state index in [0.29, 0.717) is 28.3 Å². The van der Waals surface area contributed by atoms with E-state index in [4.69, 9.17) is 4.74 Å². The van der Waals surface area contributed by atoms with Crippen LogP contribution < -0.4 is 10.1 Å². The van der Waals surface area contributed by atoms with Crippen molar-refractivity contribution in [2.75, 3.05) is 0 Å². The molecule has 6 nitrogen and oxygen atoms in total. The summed E-state index contributed by atoms with van der Waals surface area (Å²) in [7, 11) is 1.83. The standard InChI is InChI=1S/C24H20F2N4O2/c1-15-7-17(24(31)28-12-16-3-4-21(25)22(26)9-16)10-20(8-15)32-19-5-6-27-23(11-19)18-13-29-30(2)14-18/h3-11,13-14H,12H2,1-2H3,(H,28,31). The summed E-state index contributed by atoms with van der Waals surface area (Å²) in [6.45, 7) is 1.92. The van der Waals surface area contributed by atoms with Crippen molar-refractivity contribution in [2.24, 2.45) is 7.05 Å². The predicted octanol–water partition coefficient (Wildman–Crippen LogP) is 4.79. The Labute approximate surface area is 183 Å². The molecule has 0 aliphatic rings. The van der Waals surface area contributed by atoms with Crippen molar-refractivity contribution in [2.45, 2.75) is 13.5 Å². The monoisotopic (exact) mass is 434 g/mol. The maximum atomic E-state index is 13.4. The highest BCUT2D eigenvalue weighted by Gasteiger charge is 2.11. The van der Waals surface area contributed by atoms with Gasteiger partial charge in [0.15, 0.2) is 11.6 Å². The molecule has 32 heavy (non-hydrogen) atoms. The summed E-state index contributed by atoms with van der Waals surface area (Å²) < 4.78 is 34.1. The number of amides is 1. The lowest BCUT2D eigenvalue weighted by molar-refractivity contribution is 0.0950. The van der Waals surface area contributed by atoms with Gasteiger partial charge in [-0.3, -0.25) is 14.5 Å². The molecule has 0 aliphatic heterocycles. The zero-order chi connectivity index (χ0) is 22.7. The first-order valence-corrected chi connectivity index (χ1v) is 9.84. The molecule has 162 valence electrons. The van der Waals surface area contributed by atoms with Gasteiger partial charge in [-0.2, -0.15) is 5.10 Å². The maximum absolute atomic E-state index is 13.4. The Balaban J connectivity index is 1.49. The molecule has 4 rings (SSSR count). The topological polar surface area (TPSA) is 69.0 Å². The Kier molecular flexibility index (Phi) is 5.93. The normalized spacial score (nSPS) is 10.8. The van der Waals surface area contributed by atoms with Gasteiger partial charge in [0, 0.05) is 43.2 Å². The number of nitrogens with zero attached hydrogens (tertiary/aromatic N) is 3. The Bertz CT molecular complexity index is 1290. The van der Waals surface area contributed by atoms with Crippen LogP contribution in [0.5, 0.6) is 11.5 Å². The number of halogens is 2. The van der Waals surface area contributed by atoms with Crippen LogP contribution in [0.3, 0.4) is 0 Å². The third-order valence-electron chi connectivity index (χ3n) is 4.72. The fraction of sp³-hybridized carbons (Fsp3) is 0.125. The molecular weight excluding hydrogens is 414 g/mol. The maximum Gasteiger partial charge on any atom is 0.251 e. The molecule has 0 radical (unpaired) electrons. The van der Waals surface area contributed by atoms with Gasteiger partial charge in [-0.1, -0.05) is 6.07 Å². The number of hydrogen-bond acceptors (Lipinski definition) is 4. The Hall–Kier alpha value is -4.07. The number of pyridine rings is 1. The number of carbonyl (C=O) groups is 1. The SMILES string of the molecule is Cc1cc(Oc2ccnc(-c3cnn(C)c3)c2)cc(C(=O)NCc2ccc(F)c(F)c2)c1. The van der Waals surface area contributed by atoms with Crippen LogP contribution in [0.1, 0.15) is 21.5 Å². The third kappa shape index (κ3) is 4.97. The summed E-state index contributed by atoms with van der Waals surface area (Å²) in [5.41, 5.74) is 3.26. The quantitative estimate of drug-likeness (QED) is 0.474. The Morgan fingerprint density at radius 2 is 1.91 bits per heavy atom. The summed E-state index contributed by atoms with van der Waals surface area (Å²) in [6.07, 6.45) is 5.21. The largest absolute Gasteiger partial charge is 0.457 e. The van der Waals surface area contributed by atoms with Crippen molar-refractivity contribution in [3.05, 3.63) is 95.4 Å². The van der Waals surface area contributed by atoms with Gasteiger partial charge in [0.05, 0.1) is 11.9 Å². The van der Waals surface area contributed by atoms with Gasteiger partial charge in [-0.15, -0.1) is 0 Å². The average molecular weight is 434 g/mol. The molecule has 0 aliphatic carbocycles. The van der Waals surface area contributed by atoms with Crippen LogP contribution in [0.2, 0.25) is 0 Å². The van der Waals surface area contributed by atoms with Crippen LogP contribution in [0.4, 0.5) is 8.78 Å². The minimum Gasteiger partial charge on any atom is -0.457 e. The van der Waals surface area contributed by atoms with Crippen LogP contribution in [0.15, 0.2) is 67.1 Å². The highest BCUT2D eigenvalue weighted by atomic mass is 19.2. The first-order chi connectivity index (χ1) is 15.4. The van der Waals surface area contributed by atoms with E-state index < -0.39 is 11.6 Å². The highest BCUT2D eigenvalue weighted by molar-refractivity contribution is 5.94. The van der Waals surface area contributed by atoms with E-state index >= 15 is 0 Å². The van der Waals surface area contributed by atoms with Gasteiger partial charge >= 0.3 is 0 Å². The Morgan fingerprint density at radius 1 is 1.06 bits per heavy atom. The zero-order valence-corrected chi connectivity index (χ0v) is 17.5. The molecule has 2 aromatic heterocycles. The molecule has 0 saturated carbocycles. The number of ether oxygens (including phenoxy) is 1. The molecule has 8 heteroatoms. The van der Waals surface area contributed by atoms with Crippen LogP contribution in [-0.4, -0.2) is 20.7 Å². The van der Waals surface area contributed by atoms with Crippen LogP contribution in [-0.2, 0) is 13.6 Å². The molecule has 0 saturated heterocycles. The van der Waals surface area contributed by atoms with Crippen molar-refractivity contribution in [1.82, 2.24) is 20.1 Å². The molecule has 4 aromatic rings. The predicted molar refractivity (Wildman–Crippen MR) is 115 cm³/mol. The Morgan fingerprint density at radius 3 is 2.66 bits per heavy atom. The average Bonchev–Trinajstić information content (AvgIpc) is 3.20. The second kappa shape index (κ2) is 8.97. The lowest BCUT2D eigenvalue weighted by Gasteiger charge is -2.11. The summed E-state index contributed by atoms with van der Waals surface area (Å²) in [4.78, 5) is 17.0. The molecular formula is C24H20F2N4O2. The molecule has 0 spiro atoms. The van der Waals surface area contributed by atoms with Gasteiger partial charge in [0.2, 0.25) is 0 Å². The van der Waals surface area contributed by atoms with Crippen LogP contribution in [0.25, 0.3) is 11.3 Å². The molecule has 0 bridgehead atoms. The van der Waals surface area contributed by atoms with Gasteiger partial charge in [-0.25, -0.2) is 8.78 Å². The lowest BCUT2D eigenvalue weighted by Crippen LogP contribution is -2.23. The number of nitrogens with one attached hydrogen (secondary N) is 1. The fourth-order valence-corrected chi connectivity index (χ4v) is 3.19. The molecule has 1 N–H and O–H groups in total. The highest BCUT2D eigenvalue weighted by Crippen LogP contribution is 2.27. The van der Waals surface area contributed by atoms with Crippen molar-refractivity contribution in [3.8, 4) is 22.8 Å². The van der Waals surface area contributed by atoms with Crippen LogP contribution >= 0.6 is 0 Å². The van der Waals surface area contributed by atoms with Crippen LogP contribution in [0, 0.1) is 18.6 Å². The molecule has 0 atom stereocenters. The third-order valence-corrected chi connectivity index (χ3v) is 4.72.